The number of rotatable bonds is 3. The van der Waals surface area contributed by atoms with Gasteiger partial charge in [-0.15, -0.1) is 5.92 Å². The minimum atomic E-state index is 0.643. The van der Waals surface area contributed by atoms with Gasteiger partial charge >= 0.3 is 0 Å². The fraction of sp³-hybridized carbons (Fsp3) is 0.467. The monoisotopic (exact) mass is 198 g/mol. The molecule has 1 saturated carbocycles. The van der Waals surface area contributed by atoms with Gasteiger partial charge in [-0.2, -0.15) is 0 Å². The molecule has 0 unspecified atom stereocenters. The molecule has 2 rings (SSSR count). The van der Waals surface area contributed by atoms with Gasteiger partial charge in [-0.25, -0.2) is 0 Å². The van der Waals surface area contributed by atoms with E-state index in [1.54, 1.807) is 0 Å². The molecule has 0 bridgehead atoms. The van der Waals surface area contributed by atoms with Gasteiger partial charge in [0.2, 0.25) is 0 Å². The Kier molecular flexibility index (Phi) is 3.45. The maximum Gasteiger partial charge on any atom is 0.0278 e. The number of hydrogen-bond donors (Lipinski definition) is 0. The molecule has 1 fully saturated rings. The van der Waals surface area contributed by atoms with Gasteiger partial charge < -0.3 is 0 Å². The van der Waals surface area contributed by atoms with Crippen LogP contribution in [0.1, 0.15) is 44.1 Å². The normalized spacial score (nSPS) is 23.0. The van der Waals surface area contributed by atoms with E-state index in [4.69, 9.17) is 0 Å². The van der Waals surface area contributed by atoms with Gasteiger partial charge in [-0.1, -0.05) is 49.6 Å². The highest BCUT2D eigenvalue weighted by atomic mass is 14.4. The molecule has 0 heteroatoms. The summed E-state index contributed by atoms with van der Waals surface area (Å²) < 4.78 is 0. The zero-order valence-corrected chi connectivity index (χ0v) is 9.37. The fourth-order valence-corrected chi connectivity index (χ4v) is 1.89. The predicted octanol–water partition coefficient (Wildman–Crippen LogP) is 3.98. The molecule has 15 heavy (non-hydrogen) atoms. The molecule has 0 aliphatic heterocycles. The molecule has 0 radical (unpaired) electrons. The number of benzene rings is 1. The van der Waals surface area contributed by atoms with Gasteiger partial charge in [-0.05, 0) is 24.3 Å². The summed E-state index contributed by atoms with van der Waals surface area (Å²) in [6.07, 6.45) is 4.84. The highest BCUT2D eigenvalue weighted by Crippen LogP contribution is 2.46. The lowest BCUT2D eigenvalue weighted by molar-refractivity contribution is 0.826. The van der Waals surface area contributed by atoms with Crippen LogP contribution in [0.3, 0.4) is 0 Å². The van der Waals surface area contributed by atoms with Gasteiger partial charge in [0.1, 0.15) is 0 Å². The summed E-state index contributed by atoms with van der Waals surface area (Å²) in [6, 6.07) is 10.8. The van der Waals surface area contributed by atoms with Crippen LogP contribution in [-0.4, -0.2) is 0 Å². The Balaban J connectivity index is 1.83. The molecule has 0 nitrogen and oxygen atoms in total. The SMILES string of the molecule is CCCCC#C[C@H]1C[C@@H]1c1ccccc1. The molecule has 1 aromatic carbocycles. The Bertz CT molecular complexity index is 353. The summed E-state index contributed by atoms with van der Waals surface area (Å²) in [5.74, 6) is 8.05. The lowest BCUT2D eigenvalue weighted by Crippen LogP contribution is -1.80. The minimum Gasteiger partial charge on any atom is -0.103 e. The van der Waals surface area contributed by atoms with Crippen LogP contribution in [0.4, 0.5) is 0 Å². The molecular formula is C15H18. The van der Waals surface area contributed by atoms with Gasteiger partial charge in [-0.3, -0.25) is 0 Å². The van der Waals surface area contributed by atoms with E-state index in [9.17, 15) is 0 Å². The molecular weight excluding hydrogens is 180 g/mol. The van der Waals surface area contributed by atoms with Crippen LogP contribution in [0.2, 0.25) is 0 Å². The Hall–Kier alpha value is -1.22. The van der Waals surface area contributed by atoms with Gasteiger partial charge in [0.25, 0.3) is 0 Å². The molecule has 1 aliphatic carbocycles. The Morgan fingerprint density at radius 3 is 2.80 bits per heavy atom. The van der Waals surface area contributed by atoms with E-state index in [1.165, 1.54) is 24.8 Å². The fourth-order valence-electron chi connectivity index (χ4n) is 1.89. The smallest absolute Gasteiger partial charge is 0.0278 e. The summed E-state index contributed by atoms with van der Waals surface area (Å²) in [7, 11) is 0. The third kappa shape index (κ3) is 2.86. The first-order valence-corrected chi connectivity index (χ1v) is 5.95. The second-order valence-electron chi connectivity index (χ2n) is 4.28. The Morgan fingerprint density at radius 1 is 1.27 bits per heavy atom. The molecule has 0 saturated heterocycles. The summed E-state index contributed by atoms with van der Waals surface area (Å²) in [4.78, 5) is 0. The van der Waals surface area contributed by atoms with E-state index in [0.717, 1.165) is 12.3 Å². The average molecular weight is 198 g/mol. The summed E-state index contributed by atoms with van der Waals surface area (Å²) in [5, 5.41) is 0. The van der Waals surface area contributed by atoms with Crippen LogP contribution >= 0.6 is 0 Å². The molecule has 0 aromatic heterocycles. The van der Waals surface area contributed by atoms with Crippen LogP contribution in [0, 0.1) is 17.8 Å². The van der Waals surface area contributed by atoms with Crippen LogP contribution in [-0.2, 0) is 0 Å². The van der Waals surface area contributed by atoms with E-state index in [1.807, 2.05) is 0 Å². The lowest BCUT2D eigenvalue weighted by atomic mass is 10.1. The average Bonchev–Trinajstić information content (AvgIpc) is 3.05. The second kappa shape index (κ2) is 5.03. The molecule has 2 atom stereocenters. The zero-order valence-electron chi connectivity index (χ0n) is 9.37. The van der Waals surface area contributed by atoms with E-state index in [0.29, 0.717) is 5.92 Å². The van der Waals surface area contributed by atoms with E-state index in [-0.39, 0.29) is 0 Å². The van der Waals surface area contributed by atoms with Crippen LogP contribution < -0.4 is 0 Å². The standard InChI is InChI=1S/C15H18/c1-2-3-4-6-11-14-12-15(14)13-9-7-5-8-10-13/h5,7-10,14-15H,2-4,12H2,1H3/t14-,15+/m0/s1. The van der Waals surface area contributed by atoms with Crippen LogP contribution in [0.15, 0.2) is 30.3 Å². The van der Waals surface area contributed by atoms with Gasteiger partial charge in [0.15, 0.2) is 0 Å². The summed E-state index contributed by atoms with van der Waals surface area (Å²) in [6.45, 7) is 2.21. The second-order valence-corrected chi connectivity index (χ2v) is 4.28. The Labute approximate surface area is 92.7 Å². The summed E-state index contributed by atoms with van der Waals surface area (Å²) in [5.41, 5.74) is 1.47. The first kappa shape index (κ1) is 10.3. The maximum absolute atomic E-state index is 3.39. The zero-order chi connectivity index (χ0) is 10.5. The van der Waals surface area contributed by atoms with Crippen molar-refractivity contribution < 1.29 is 0 Å². The van der Waals surface area contributed by atoms with Crippen LogP contribution in [0.5, 0.6) is 0 Å². The number of hydrogen-bond acceptors (Lipinski definition) is 0. The van der Waals surface area contributed by atoms with Crippen molar-refractivity contribution in [3.05, 3.63) is 35.9 Å². The topological polar surface area (TPSA) is 0 Å². The molecule has 1 aliphatic rings. The number of unbranched alkanes of at least 4 members (excludes halogenated alkanes) is 2. The van der Waals surface area contributed by atoms with Crippen LogP contribution in [0.25, 0.3) is 0 Å². The molecule has 0 spiro atoms. The first-order valence-electron chi connectivity index (χ1n) is 5.95. The summed E-state index contributed by atoms with van der Waals surface area (Å²) >= 11 is 0. The van der Waals surface area contributed by atoms with Crippen molar-refractivity contribution in [3.63, 3.8) is 0 Å². The minimum absolute atomic E-state index is 0.643. The molecule has 1 aromatic rings. The first-order chi connectivity index (χ1) is 7.42. The predicted molar refractivity (Wildman–Crippen MR) is 64.6 cm³/mol. The van der Waals surface area contributed by atoms with Gasteiger partial charge in [0.05, 0.1) is 0 Å². The third-order valence-electron chi connectivity index (χ3n) is 2.96. The molecule has 0 heterocycles. The Morgan fingerprint density at radius 2 is 2.07 bits per heavy atom. The van der Waals surface area contributed by atoms with E-state index >= 15 is 0 Å². The highest BCUT2D eigenvalue weighted by molar-refractivity contribution is 5.30. The van der Waals surface area contributed by atoms with E-state index < -0.39 is 0 Å². The van der Waals surface area contributed by atoms with Gasteiger partial charge in [0, 0.05) is 12.3 Å². The van der Waals surface area contributed by atoms with E-state index in [2.05, 4.69) is 49.1 Å². The van der Waals surface area contributed by atoms with Crippen molar-refractivity contribution in [1.82, 2.24) is 0 Å². The highest BCUT2D eigenvalue weighted by Gasteiger charge is 2.36. The molecule has 0 N–H and O–H groups in total. The lowest BCUT2D eigenvalue weighted by Gasteiger charge is -1.94. The molecule has 78 valence electrons. The van der Waals surface area contributed by atoms with Crippen molar-refractivity contribution in [3.8, 4) is 11.8 Å². The quantitative estimate of drug-likeness (QED) is 0.509. The van der Waals surface area contributed by atoms with Crippen molar-refractivity contribution in [1.29, 1.82) is 0 Å². The third-order valence-corrected chi connectivity index (χ3v) is 2.96. The largest absolute Gasteiger partial charge is 0.103 e. The van der Waals surface area contributed by atoms with Crippen molar-refractivity contribution >= 4 is 0 Å². The molecule has 0 amide bonds. The maximum atomic E-state index is 3.39. The van der Waals surface area contributed by atoms with Crippen molar-refractivity contribution in [2.75, 3.05) is 0 Å². The van der Waals surface area contributed by atoms with Crippen molar-refractivity contribution in [2.45, 2.75) is 38.5 Å². The van der Waals surface area contributed by atoms with Crippen molar-refractivity contribution in [2.24, 2.45) is 5.92 Å².